The summed E-state index contributed by atoms with van der Waals surface area (Å²) in [5.74, 6) is -0.396. The number of pyridine rings is 1. The average molecular weight is 437 g/mol. The van der Waals surface area contributed by atoms with Crippen LogP contribution in [0.2, 0.25) is 0 Å². The Bertz CT molecular complexity index is 1360. The molecule has 4 aromatic rings. The quantitative estimate of drug-likeness (QED) is 0.239. The number of carbonyl (C=O) groups is 2. The lowest BCUT2D eigenvalue weighted by Crippen LogP contribution is -2.40. The molecule has 0 atom stereocenters. The van der Waals surface area contributed by atoms with E-state index in [-0.39, 0.29) is 11.8 Å². The average Bonchev–Trinajstić information content (AvgIpc) is 3.15. The summed E-state index contributed by atoms with van der Waals surface area (Å²) in [6.07, 6.45) is 10.1. The summed E-state index contributed by atoms with van der Waals surface area (Å²) < 4.78 is 0. The summed E-state index contributed by atoms with van der Waals surface area (Å²) in [6, 6.07) is 9.44. The topological polar surface area (TPSA) is 76.1 Å². The summed E-state index contributed by atoms with van der Waals surface area (Å²) in [5.41, 5.74) is 6.11. The summed E-state index contributed by atoms with van der Waals surface area (Å²) in [5, 5.41) is 1.64. The Labute approximate surface area is 191 Å². The van der Waals surface area contributed by atoms with E-state index in [1.54, 1.807) is 12.4 Å². The van der Waals surface area contributed by atoms with Crippen molar-refractivity contribution in [2.24, 2.45) is 0 Å². The molecule has 1 aliphatic heterocycles. The number of unbranched alkanes of at least 4 members (excludes halogenated alkanes) is 5. The molecule has 0 fully saturated rings. The number of imide groups is 1. The summed E-state index contributed by atoms with van der Waals surface area (Å²) in [7, 11) is 0. The van der Waals surface area contributed by atoms with Crippen LogP contribution in [0.5, 0.6) is 0 Å². The molecule has 6 rings (SSSR count). The molecule has 2 aromatic carbocycles. The van der Waals surface area contributed by atoms with Crippen LogP contribution in [0, 0.1) is 0 Å². The normalized spacial score (nSPS) is 13.9. The molecule has 164 valence electrons. The molecule has 33 heavy (non-hydrogen) atoms. The number of fused-ring (bicyclic) bond motifs is 4. The van der Waals surface area contributed by atoms with Crippen molar-refractivity contribution in [1.82, 2.24) is 19.9 Å². The smallest absolute Gasteiger partial charge is 0.261 e. The van der Waals surface area contributed by atoms with E-state index in [0.29, 0.717) is 17.7 Å². The minimum atomic E-state index is -0.198. The highest BCUT2D eigenvalue weighted by molar-refractivity contribution is 6.30. The van der Waals surface area contributed by atoms with Crippen molar-refractivity contribution in [3.8, 4) is 22.5 Å². The monoisotopic (exact) mass is 436 g/mol. The zero-order valence-electron chi connectivity index (χ0n) is 18.6. The fourth-order valence-electron chi connectivity index (χ4n) is 5.16. The largest absolute Gasteiger partial charge is 0.274 e. The van der Waals surface area contributed by atoms with Gasteiger partial charge in [0.1, 0.15) is 5.52 Å². The van der Waals surface area contributed by atoms with Crippen molar-refractivity contribution in [3.05, 3.63) is 53.9 Å². The first-order valence-corrected chi connectivity index (χ1v) is 11.8. The maximum absolute atomic E-state index is 13.4. The number of hydrogen-bond acceptors (Lipinski definition) is 5. The molecule has 3 heterocycles. The van der Waals surface area contributed by atoms with Gasteiger partial charge in [-0.1, -0.05) is 51.2 Å². The number of benzene rings is 2. The van der Waals surface area contributed by atoms with Crippen LogP contribution in [0.15, 0.2) is 42.7 Å². The Morgan fingerprint density at radius 2 is 1.27 bits per heavy atom. The van der Waals surface area contributed by atoms with Gasteiger partial charge in [-0.3, -0.25) is 19.5 Å². The van der Waals surface area contributed by atoms with Crippen molar-refractivity contribution in [1.29, 1.82) is 0 Å². The molecule has 0 spiro atoms. The fraction of sp³-hybridized carbons (Fsp3) is 0.296. The first-order valence-electron chi connectivity index (χ1n) is 11.8. The predicted molar refractivity (Wildman–Crippen MR) is 128 cm³/mol. The number of amides is 2. The summed E-state index contributed by atoms with van der Waals surface area (Å²) in [6.45, 7) is 2.66. The molecule has 0 bridgehead atoms. The van der Waals surface area contributed by atoms with Gasteiger partial charge < -0.3 is 0 Å². The van der Waals surface area contributed by atoms with Gasteiger partial charge in [0, 0.05) is 45.8 Å². The molecule has 6 heteroatoms. The molecule has 2 aliphatic rings. The second-order valence-corrected chi connectivity index (χ2v) is 8.89. The Hall–Kier alpha value is -3.67. The Balaban J connectivity index is 1.40. The molecule has 2 amide bonds. The van der Waals surface area contributed by atoms with Crippen LogP contribution in [0.3, 0.4) is 0 Å². The highest BCUT2D eigenvalue weighted by atomic mass is 16.2. The van der Waals surface area contributed by atoms with Crippen LogP contribution < -0.4 is 0 Å². The van der Waals surface area contributed by atoms with E-state index in [4.69, 9.17) is 9.97 Å². The molecule has 6 nitrogen and oxygen atoms in total. The highest BCUT2D eigenvalue weighted by Crippen LogP contribution is 2.48. The molecule has 1 aliphatic carbocycles. The first kappa shape index (κ1) is 20.0. The first-order chi connectivity index (χ1) is 16.2. The molecule has 0 radical (unpaired) electrons. The van der Waals surface area contributed by atoms with Crippen molar-refractivity contribution < 1.29 is 9.59 Å². The van der Waals surface area contributed by atoms with Crippen LogP contribution in [0.1, 0.15) is 66.2 Å². The summed E-state index contributed by atoms with van der Waals surface area (Å²) in [4.78, 5) is 42.0. The van der Waals surface area contributed by atoms with Gasteiger partial charge in [0.15, 0.2) is 0 Å². The standard InChI is InChI=1S/C27H24N4O2/c1-2-3-4-5-6-7-14-31-26(32)18-10-8-16-22-17(9-11-19(23(18)22)27(31)33)25-24(16)29-20-12-13-28-15-21(20)30-25/h8-13,15H,2-7,14H2,1H3. The summed E-state index contributed by atoms with van der Waals surface area (Å²) >= 11 is 0. The third-order valence-corrected chi connectivity index (χ3v) is 6.82. The Morgan fingerprint density at radius 3 is 1.97 bits per heavy atom. The zero-order valence-corrected chi connectivity index (χ0v) is 18.6. The van der Waals surface area contributed by atoms with Gasteiger partial charge in [-0.2, -0.15) is 0 Å². The van der Waals surface area contributed by atoms with Crippen molar-refractivity contribution in [2.75, 3.05) is 6.54 Å². The van der Waals surface area contributed by atoms with Gasteiger partial charge in [0.25, 0.3) is 11.8 Å². The van der Waals surface area contributed by atoms with Gasteiger partial charge in [-0.15, -0.1) is 0 Å². The lowest BCUT2D eigenvalue weighted by Gasteiger charge is -2.27. The fourth-order valence-corrected chi connectivity index (χ4v) is 5.16. The number of aromatic nitrogens is 3. The van der Waals surface area contributed by atoms with Gasteiger partial charge in [-0.05, 0) is 24.6 Å². The van der Waals surface area contributed by atoms with Gasteiger partial charge in [-0.25, -0.2) is 9.97 Å². The van der Waals surface area contributed by atoms with Crippen molar-refractivity contribution in [2.45, 2.75) is 45.4 Å². The molecular formula is C27H24N4O2. The molecule has 0 saturated carbocycles. The lowest BCUT2D eigenvalue weighted by atomic mass is 9.90. The Morgan fingerprint density at radius 1 is 0.697 bits per heavy atom. The minimum Gasteiger partial charge on any atom is -0.274 e. The molecule has 0 N–H and O–H groups in total. The minimum absolute atomic E-state index is 0.198. The van der Waals surface area contributed by atoms with E-state index >= 15 is 0 Å². The molecule has 0 unspecified atom stereocenters. The maximum Gasteiger partial charge on any atom is 0.261 e. The maximum atomic E-state index is 13.4. The van der Waals surface area contributed by atoms with E-state index in [0.717, 1.165) is 63.6 Å². The van der Waals surface area contributed by atoms with Crippen LogP contribution in [0.25, 0.3) is 44.3 Å². The second kappa shape index (κ2) is 7.73. The SMILES string of the molecule is CCCCCCCCN1C(=O)c2ccc3c4c(ccc(c24)C1=O)-c1nc2cnccc2nc1-3. The zero-order chi connectivity index (χ0) is 22.5. The number of nitrogens with zero attached hydrogens (tertiary/aromatic N) is 4. The Kier molecular flexibility index (Phi) is 4.68. The van der Waals surface area contributed by atoms with Crippen molar-refractivity contribution in [3.63, 3.8) is 0 Å². The van der Waals surface area contributed by atoms with Crippen LogP contribution >= 0.6 is 0 Å². The molecular weight excluding hydrogens is 412 g/mol. The highest BCUT2D eigenvalue weighted by Gasteiger charge is 2.36. The van der Waals surface area contributed by atoms with E-state index in [2.05, 4.69) is 11.9 Å². The van der Waals surface area contributed by atoms with E-state index in [1.807, 2.05) is 30.3 Å². The van der Waals surface area contributed by atoms with Gasteiger partial charge in [0.2, 0.25) is 0 Å². The van der Waals surface area contributed by atoms with E-state index in [9.17, 15) is 9.59 Å². The van der Waals surface area contributed by atoms with Gasteiger partial charge >= 0.3 is 0 Å². The second-order valence-electron chi connectivity index (χ2n) is 8.89. The van der Waals surface area contributed by atoms with Gasteiger partial charge in [0.05, 0.1) is 23.1 Å². The number of rotatable bonds is 7. The third-order valence-electron chi connectivity index (χ3n) is 6.82. The predicted octanol–water partition coefficient (Wildman–Crippen LogP) is 5.78. The molecule has 0 saturated heterocycles. The van der Waals surface area contributed by atoms with Crippen LogP contribution in [0.4, 0.5) is 0 Å². The van der Waals surface area contributed by atoms with E-state index in [1.165, 1.54) is 24.2 Å². The molecule has 2 aromatic heterocycles. The van der Waals surface area contributed by atoms with E-state index < -0.39 is 0 Å². The third kappa shape index (κ3) is 2.97. The van der Waals surface area contributed by atoms with Crippen LogP contribution in [-0.2, 0) is 0 Å². The lowest BCUT2D eigenvalue weighted by molar-refractivity contribution is 0.0608. The van der Waals surface area contributed by atoms with Crippen LogP contribution in [-0.4, -0.2) is 38.2 Å². The number of hydrogen-bond donors (Lipinski definition) is 0. The van der Waals surface area contributed by atoms with Crippen molar-refractivity contribution >= 4 is 33.6 Å². The number of carbonyl (C=O) groups excluding carboxylic acids is 2.